The minimum atomic E-state index is -0.827. The summed E-state index contributed by atoms with van der Waals surface area (Å²) in [5.74, 6) is -2.17. The van der Waals surface area contributed by atoms with E-state index < -0.39 is 23.0 Å². The van der Waals surface area contributed by atoms with E-state index in [1.807, 2.05) is 0 Å². The van der Waals surface area contributed by atoms with Crippen LogP contribution in [0, 0.1) is 11.6 Å². The fourth-order valence-corrected chi connectivity index (χ4v) is 1.29. The summed E-state index contributed by atoms with van der Waals surface area (Å²) in [7, 11) is 0. The molecule has 0 aromatic heterocycles. The first-order valence-corrected chi connectivity index (χ1v) is 4.54. The second kappa shape index (κ2) is 3.96. The van der Waals surface area contributed by atoms with Crippen LogP contribution in [0.3, 0.4) is 0 Å². The molecule has 1 nitrogen and oxygen atoms in total. The molecule has 0 aliphatic rings. The zero-order valence-corrected chi connectivity index (χ0v) is 8.49. The summed E-state index contributed by atoms with van der Waals surface area (Å²) < 4.78 is 26.3. The van der Waals surface area contributed by atoms with E-state index in [1.165, 1.54) is 6.07 Å². The fourth-order valence-electron chi connectivity index (χ4n) is 0.959. The first-order chi connectivity index (χ1) is 6.07. The van der Waals surface area contributed by atoms with E-state index in [0.717, 1.165) is 6.07 Å². The van der Waals surface area contributed by atoms with Crippen molar-refractivity contribution in [3.05, 3.63) is 33.8 Å². The number of carbonyl (C=O) groups is 1. The van der Waals surface area contributed by atoms with Gasteiger partial charge in [-0.05, 0) is 28.1 Å². The Morgan fingerprint density at radius 2 is 2.08 bits per heavy atom. The first-order valence-electron chi connectivity index (χ1n) is 3.74. The number of hydrogen-bond donors (Lipinski definition) is 0. The van der Waals surface area contributed by atoms with Gasteiger partial charge < -0.3 is 0 Å². The van der Waals surface area contributed by atoms with Gasteiger partial charge >= 0.3 is 0 Å². The molecule has 0 saturated carbocycles. The lowest BCUT2D eigenvalue weighted by Crippen LogP contribution is -2.04. The normalized spacial score (nSPS) is 10.2. The number of rotatable bonds is 2. The van der Waals surface area contributed by atoms with Crippen LogP contribution in [0.4, 0.5) is 8.78 Å². The molecule has 0 saturated heterocycles. The third-order valence-corrected chi connectivity index (χ3v) is 2.26. The van der Waals surface area contributed by atoms with E-state index in [0.29, 0.717) is 0 Å². The fraction of sp³-hybridized carbons (Fsp3) is 0.222. The molecular weight excluding hydrogens is 242 g/mol. The van der Waals surface area contributed by atoms with Crippen molar-refractivity contribution in [3.63, 3.8) is 0 Å². The molecule has 70 valence electrons. The number of Topliss-reactive ketones (excluding diaryl/α,β-unsaturated/α-hetero) is 1. The van der Waals surface area contributed by atoms with Crippen LogP contribution in [0.25, 0.3) is 0 Å². The van der Waals surface area contributed by atoms with Crippen LogP contribution in [0.5, 0.6) is 0 Å². The Balaban J connectivity index is 3.33. The van der Waals surface area contributed by atoms with Gasteiger partial charge in [0.15, 0.2) is 11.6 Å². The van der Waals surface area contributed by atoms with Gasteiger partial charge in [0.2, 0.25) is 0 Å². The summed E-state index contributed by atoms with van der Waals surface area (Å²) in [5, 5.41) is 0. The van der Waals surface area contributed by atoms with Crippen LogP contribution >= 0.6 is 15.9 Å². The van der Waals surface area contributed by atoms with Gasteiger partial charge in [-0.2, -0.15) is 0 Å². The standard InChI is InChI=1S/C9H7BrF2O/c1-2-7(13)8-6(11)4-3-5(10)9(8)12/h3-4H,2H2,1H3. The van der Waals surface area contributed by atoms with Gasteiger partial charge in [0.25, 0.3) is 0 Å². The van der Waals surface area contributed by atoms with E-state index in [-0.39, 0.29) is 10.9 Å². The van der Waals surface area contributed by atoms with E-state index in [1.54, 1.807) is 6.92 Å². The Morgan fingerprint density at radius 3 is 2.62 bits per heavy atom. The summed E-state index contributed by atoms with van der Waals surface area (Å²) in [6.45, 7) is 1.56. The van der Waals surface area contributed by atoms with Crippen LogP contribution in [-0.4, -0.2) is 5.78 Å². The zero-order chi connectivity index (χ0) is 10.0. The Kier molecular flexibility index (Phi) is 3.14. The van der Waals surface area contributed by atoms with Gasteiger partial charge in [0, 0.05) is 6.42 Å². The third kappa shape index (κ3) is 1.94. The van der Waals surface area contributed by atoms with Crippen molar-refractivity contribution in [2.45, 2.75) is 13.3 Å². The van der Waals surface area contributed by atoms with Gasteiger partial charge in [0.05, 0.1) is 10.0 Å². The predicted molar refractivity (Wildman–Crippen MR) is 48.7 cm³/mol. The molecule has 1 rings (SSSR count). The summed E-state index contributed by atoms with van der Waals surface area (Å²) in [5.41, 5.74) is -0.461. The number of carbonyl (C=O) groups excluding carboxylic acids is 1. The summed E-state index contributed by atoms with van der Waals surface area (Å²) >= 11 is 2.88. The molecule has 0 aliphatic carbocycles. The van der Waals surface area contributed by atoms with Crippen LogP contribution in [0.15, 0.2) is 16.6 Å². The highest BCUT2D eigenvalue weighted by Gasteiger charge is 2.17. The third-order valence-electron chi connectivity index (χ3n) is 1.64. The number of benzene rings is 1. The number of hydrogen-bond acceptors (Lipinski definition) is 1. The lowest BCUT2D eigenvalue weighted by atomic mass is 10.1. The number of ketones is 1. The maximum Gasteiger partial charge on any atom is 0.168 e. The van der Waals surface area contributed by atoms with E-state index in [4.69, 9.17) is 0 Å². The highest BCUT2D eigenvalue weighted by atomic mass is 79.9. The molecule has 0 atom stereocenters. The van der Waals surface area contributed by atoms with Crippen molar-refractivity contribution in [1.82, 2.24) is 0 Å². The van der Waals surface area contributed by atoms with Crippen molar-refractivity contribution in [1.29, 1.82) is 0 Å². The second-order valence-corrected chi connectivity index (χ2v) is 3.35. The quantitative estimate of drug-likeness (QED) is 0.580. The minimum absolute atomic E-state index is 0.0876. The van der Waals surface area contributed by atoms with Gasteiger partial charge in [-0.1, -0.05) is 6.92 Å². The highest BCUT2D eigenvalue weighted by molar-refractivity contribution is 9.10. The largest absolute Gasteiger partial charge is 0.294 e. The smallest absolute Gasteiger partial charge is 0.168 e. The molecule has 1 aromatic rings. The molecule has 1 aromatic carbocycles. The molecule has 4 heteroatoms. The molecule has 0 spiro atoms. The van der Waals surface area contributed by atoms with Crippen molar-refractivity contribution in [3.8, 4) is 0 Å². The Labute approximate surface area is 82.9 Å². The topological polar surface area (TPSA) is 17.1 Å². The van der Waals surface area contributed by atoms with Gasteiger partial charge in [-0.25, -0.2) is 8.78 Å². The van der Waals surface area contributed by atoms with Gasteiger partial charge in [0.1, 0.15) is 5.82 Å². The number of halogens is 3. The monoisotopic (exact) mass is 248 g/mol. The summed E-state index contributed by atoms with van der Waals surface area (Å²) in [6.07, 6.45) is 0.0876. The zero-order valence-electron chi connectivity index (χ0n) is 6.90. The van der Waals surface area contributed by atoms with Crippen molar-refractivity contribution in [2.75, 3.05) is 0 Å². The van der Waals surface area contributed by atoms with E-state index in [9.17, 15) is 13.6 Å². The second-order valence-electron chi connectivity index (χ2n) is 2.49. The predicted octanol–water partition coefficient (Wildman–Crippen LogP) is 3.32. The van der Waals surface area contributed by atoms with Crippen LogP contribution in [0.1, 0.15) is 23.7 Å². The molecule has 0 heterocycles. The summed E-state index contributed by atoms with van der Waals surface area (Å²) in [6, 6.07) is 2.30. The lowest BCUT2D eigenvalue weighted by molar-refractivity contribution is 0.0980. The average Bonchev–Trinajstić information content (AvgIpc) is 2.12. The van der Waals surface area contributed by atoms with Gasteiger partial charge in [-0.3, -0.25) is 4.79 Å². The van der Waals surface area contributed by atoms with E-state index >= 15 is 0 Å². The van der Waals surface area contributed by atoms with E-state index in [2.05, 4.69) is 15.9 Å². The molecule has 0 fully saturated rings. The Hall–Kier alpha value is -0.770. The lowest BCUT2D eigenvalue weighted by Gasteiger charge is -2.03. The highest BCUT2D eigenvalue weighted by Crippen LogP contribution is 2.22. The Morgan fingerprint density at radius 1 is 1.46 bits per heavy atom. The van der Waals surface area contributed by atoms with Gasteiger partial charge in [-0.15, -0.1) is 0 Å². The SMILES string of the molecule is CCC(=O)c1c(F)ccc(Br)c1F. The van der Waals surface area contributed by atoms with Crippen molar-refractivity contribution in [2.24, 2.45) is 0 Å². The van der Waals surface area contributed by atoms with Crippen LogP contribution < -0.4 is 0 Å². The Bertz CT molecular complexity index is 350. The molecule has 0 aliphatic heterocycles. The summed E-state index contributed by atoms with van der Waals surface area (Å²) in [4.78, 5) is 11.1. The average molecular weight is 249 g/mol. The minimum Gasteiger partial charge on any atom is -0.294 e. The molecule has 0 amide bonds. The maximum absolute atomic E-state index is 13.2. The van der Waals surface area contributed by atoms with Crippen LogP contribution in [0.2, 0.25) is 0 Å². The molecule has 0 unspecified atom stereocenters. The molecule has 0 radical (unpaired) electrons. The molecule has 0 bridgehead atoms. The first kappa shape index (κ1) is 10.3. The van der Waals surface area contributed by atoms with Crippen molar-refractivity contribution < 1.29 is 13.6 Å². The van der Waals surface area contributed by atoms with Crippen molar-refractivity contribution >= 4 is 21.7 Å². The maximum atomic E-state index is 13.2. The molecule has 0 N–H and O–H groups in total. The molecule has 13 heavy (non-hydrogen) atoms. The molecular formula is C9H7BrF2O. The van der Waals surface area contributed by atoms with Crippen LogP contribution in [-0.2, 0) is 0 Å².